The van der Waals surface area contributed by atoms with Gasteiger partial charge in [0.25, 0.3) is 0 Å². The minimum atomic E-state index is -0.975. The van der Waals surface area contributed by atoms with Gasteiger partial charge in [0.05, 0.1) is 23.2 Å². The lowest BCUT2D eigenvalue weighted by Gasteiger charge is -2.21. The first-order chi connectivity index (χ1) is 13.8. The van der Waals surface area contributed by atoms with Crippen molar-refractivity contribution < 1.29 is 9.90 Å². The first kappa shape index (κ1) is 21.5. The average Bonchev–Trinajstić information content (AvgIpc) is 3.07. The summed E-state index contributed by atoms with van der Waals surface area (Å²) in [5, 5.41) is 19.5. The van der Waals surface area contributed by atoms with E-state index >= 15 is 0 Å². The quantitative estimate of drug-likeness (QED) is 0.391. The number of carboxylic acids is 1. The summed E-state index contributed by atoms with van der Waals surface area (Å²) >= 11 is 19.2. The standard InChI is InChI=1S/C20H17Cl2N3O2S2/c1-11-23-18(10-29-11)12-3-2-4-14(7-12)24-20(28)25-17(9-19(26)27)15-6-5-13(21)8-16(15)22/h2-8,10,17H,9H2,1H3,(H,26,27)(H2,24,25,28)/t17-/m1/s1. The van der Waals surface area contributed by atoms with Crippen LogP contribution in [-0.2, 0) is 4.79 Å². The summed E-state index contributed by atoms with van der Waals surface area (Å²) < 4.78 is 0. The van der Waals surface area contributed by atoms with Gasteiger partial charge in [0.1, 0.15) is 0 Å². The largest absolute Gasteiger partial charge is 0.481 e. The number of aliphatic carboxylic acids is 1. The number of hydrogen-bond donors (Lipinski definition) is 3. The number of hydrogen-bond acceptors (Lipinski definition) is 4. The number of nitrogens with one attached hydrogen (secondary N) is 2. The predicted molar refractivity (Wildman–Crippen MR) is 123 cm³/mol. The molecule has 3 N–H and O–H groups in total. The van der Waals surface area contributed by atoms with Gasteiger partial charge in [-0.05, 0) is 49.0 Å². The van der Waals surface area contributed by atoms with Crippen LogP contribution in [0, 0.1) is 6.92 Å². The van der Waals surface area contributed by atoms with Crippen molar-refractivity contribution in [2.24, 2.45) is 0 Å². The number of aryl methyl sites for hydroxylation is 1. The number of anilines is 1. The molecule has 2 aromatic carbocycles. The number of halogens is 2. The molecule has 3 rings (SSSR count). The van der Waals surface area contributed by atoms with E-state index in [1.807, 2.05) is 36.6 Å². The molecule has 0 fully saturated rings. The molecule has 0 unspecified atom stereocenters. The van der Waals surface area contributed by atoms with E-state index in [0.29, 0.717) is 15.6 Å². The van der Waals surface area contributed by atoms with Crippen LogP contribution in [0.1, 0.15) is 23.0 Å². The van der Waals surface area contributed by atoms with Crippen LogP contribution in [-0.4, -0.2) is 21.2 Å². The minimum Gasteiger partial charge on any atom is -0.481 e. The molecule has 0 saturated heterocycles. The second-order valence-corrected chi connectivity index (χ2v) is 8.56. The Hall–Kier alpha value is -2.19. The van der Waals surface area contributed by atoms with Gasteiger partial charge in [-0.3, -0.25) is 4.79 Å². The van der Waals surface area contributed by atoms with Crippen LogP contribution in [0.2, 0.25) is 10.0 Å². The average molecular weight is 466 g/mol. The normalized spacial score (nSPS) is 11.7. The zero-order valence-corrected chi connectivity index (χ0v) is 18.4. The predicted octanol–water partition coefficient (Wildman–Crippen LogP) is 5.93. The molecule has 1 heterocycles. The molecule has 9 heteroatoms. The van der Waals surface area contributed by atoms with Crippen molar-refractivity contribution >= 4 is 63.5 Å². The van der Waals surface area contributed by atoms with Crippen molar-refractivity contribution in [2.45, 2.75) is 19.4 Å². The third-order valence-corrected chi connectivity index (χ3v) is 5.61. The van der Waals surface area contributed by atoms with E-state index in [-0.39, 0.29) is 11.5 Å². The monoisotopic (exact) mass is 465 g/mol. The summed E-state index contributed by atoms with van der Waals surface area (Å²) in [6.07, 6.45) is -0.193. The molecular formula is C20H17Cl2N3O2S2. The van der Waals surface area contributed by atoms with Crippen LogP contribution in [0.15, 0.2) is 47.8 Å². The van der Waals surface area contributed by atoms with Gasteiger partial charge >= 0.3 is 5.97 Å². The van der Waals surface area contributed by atoms with Crippen molar-refractivity contribution in [3.05, 3.63) is 68.5 Å². The fraction of sp³-hybridized carbons (Fsp3) is 0.150. The SMILES string of the molecule is Cc1nc(-c2cccc(NC(=S)N[C@H](CC(=O)O)c3ccc(Cl)cc3Cl)c2)cs1. The van der Waals surface area contributed by atoms with Gasteiger partial charge in [0.2, 0.25) is 0 Å². The first-order valence-corrected chi connectivity index (χ1v) is 10.6. The molecular weight excluding hydrogens is 449 g/mol. The molecule has 0 bridgehead atoms. The van der Waals surface area contributed by atoms with Crippen molar-refractivity contribution in [2.75, 3.05) is 5.32 Å². The summed E-state index contributed by atoms with van der Waals surface area (Å²) in [6.45, 7) is 1.96. The number of nitrogens with zero attached hydrogens (tertiary/aromatic N) is 1. The fourth-order valence-electron chi connectivity index (χ4n) is 2.78. The molecule has 1 aromatic heterocycles. The maximum atomic E-state index is 11.3. The molecule has 0 radical (unpaired) electrons. The van der Waals surface area contributed by atoms with E-state index in [4.69, 9.17) is 35.4 Å². The van der Waals surface area contributed by atoms with Gasteiger partial charge in [-0.25, -0.2) is 4.98 Å². The molecule has 0 saturated carbocycles. The smallest absolute Gasteiger partial charge is 0.305 e. The highest BCUT2D eigenvalue weighted by molar-refractivity contribution is 7.80. The third-order valence-electron chi connectivity index (χ3n) is 4.06. The maximum absolute atomic E-state index is 11.3. The van der Waals surface area contributed by atoms with Gasteiger partial charge in [-0.2, -0.15) is 0 Å². The van der Waals surface area contributed by atoms with Gasteiger partial charge in [-0.15, -0.1) is 11.3 Å². The summed E-state index contributed by atoms with van der Waals surface area (Å²) in [7, 11) is 0. The van der Waals surface area contributed by atoms with Crippen molar-refractivity contribution in [1.29, 1.82) is 0 Å². The minimum absolute atomic E-state index is 0.193. The number of benzene rings is 2. The Bertz CT molecular complexity index is 1060. The highest BCUT2D eigenvalue weighted by Crippen LogP contribution is 2.29. The fourth-order valence-corrected chi connectivity index (χ4v) is 4.20. The summed E-state index contributed by atoms with van der Waals surface area (Å²) in [4.78, 5) is 15.8. The van der Waals surface area contributed by atoms with Crippen LogP contribution in [0.5, 0.6) is 0 Å². The van der Waals surface area contributed by atoms with E-state index < -0.39 is 12.0 Å². The second-order valence-electron chi connectivity index (χ2n) is 6.25. The van der Waals surface area contributed by atoms with Crippen molar-refractivity contribution in [3.63, 3.8) is 0 Å². The summed E-state index contributed by atoms with van der Waals surface area (Å²) in [5.41, 5.74) is 3.23. The highest BCUT2D eigenvalue weighted by atomic mass is 35.5. The Balaban J connectivity index is 1.76. The Morgan fingerprint density at radius 3 is 2.72 bits per heavy atom. The van der Waals surface area contributed by atoms with E-state index in [0.717, 1.165) is 22.0 Å². The zero-order chi connectivity index (χ0) is 21.0. The number of thiocarbonyl (C=S) groups is 1. The molecule has 0 aliphatic carbocycles. The summed E-state index contributed by atoms with van der Waals surface area (Å²) in [5.74, 6) is -0.975. The molecule has 150 valence electrons. The number of rotatable bonds is 6. The van der Waals surface area contributed by atoms with Crippen molar-refractivity contribution in [1.82, 2.24) is 10.3 Å². The van der Waals surface area contributed by atoms with E-state index in [9.17, 15) is 9.90 Å². The highest BCUT2D eigenvalue weighted by Gasteiger charge is 2.19. The number of carboxylic acid groups (broad SMARTS) is 1. The molecule has 0 aliphatic rings. The summed E-state index contributed by atoms with van der Waals surface area (Å²) in [6, 6.07) is 12.0. The van der Waals surface area contributed by atoms with Gasteiger partial charge in [0.15, 0.2) is 5.11 Å². The second kappa shape index (κ2) is 9.54. The first-order valence-electron chi connectivity index (χ1n) is 8.58. The molecule has 5 nitrogen and oxygen atoms in total. The molecule has 0 amide bonds. The van der Waals surface area contributed by atoms with Crippen LogP contribution >= 0.6 is 46.8 Å². The van der Waals surface area contributed by atoms with Crippen LogP contribution in [0.4, 0.5) is 5.69 Å². The Morgan fingerprint density at radius 1 is 1.28 bits per heavy atom. The lowest BCUT2D eigenvalue weighted by Crippen LogP contribution is -2.33. The van der Waals surface area contributed by atoms with Gasteiger partial charge < -0.3 is 15.7 Å². The third kappa shape index (κ3) is 5.90. The van der Waals surface area contributed by atoms with Crippen molar-refractivity contribution in [3.8, 4) is 11.3 Å². The lowest BCUT2D eigenvalue weighted by molar-refractivity contribution is -0.137. The van der Waals surface area contributed by atoms with Crippen LogP contribution in [0.3, 0.4) is 0 Å². The zero-order valence-electron chi connectivity index (χ0n) is 15.3. The number of aromatic nitrogens is 1. The molecule has 0 spiro atoms. The Morgan fingerprint density at radius 2 is 2.07 bits per heavy atom. The molecule has 0 aliphatic heterocycles. The molecule has 29 heavy (non-hydrogen) atoms. The van der Waals surface area contributed by atoms with Crippen LogP contribution < -0.4 is 10.6 Å². The topological polar surface area (TPSA) is 74.2 Å². The Labute approximate surface area is 187 Å². The molecule has 1 atom stereocenters. The number of thiazole rings is 1. The lowest BCUT2D eigenvalue weighted by atomic mass is 10.0. The van der Waals surface area contributed by atoms with Gasteiger partial charge in [-0.1, -0.05) is 41.4 Å². The van der Waals surface area contributed by atoms with Gasteiger partial charge in [0, 0.05) is 26.7 Å². The maximum Gasteiger partial charge on any atom is 0.305 e. The Kier molecular flexibility index (Phi) is 7.08. The number of carbonyl (C=O) groups is 1. The van der Waals surface area contributed by atoms with Crippen LogP contribution in [0.25, 0.3) is 11.3 Å². The van der Waals surface area contributed by atoms with E-state index in [2.05, 4.69) is 15.6 Å². The van der Waals surface area contributed by atoms with E-state index in [1.54, 1.807) is 29.5 Å². The molecule has 3 aromatic rings. The van der Waals surface area contributed by atoms with E-state index in [1.165, 1.54) is 0 Å².